The fourth-order valence-corrected chi connectivity index (χ4v) is 4.40. The maximum atomic E-state index is 5.58. The van der Waals surface area contributed by atoms with Gasteiger partial charge in [-0.05, 0) is 57.3 Å². The van der Waals surface area contributed by atoms with Crippen LogP contribution in [0.4, 0.5) is 0 Å². The maximum Gasteiger partial charge on any atom is 0.0787 e. The van der Waals surface area contributed by atoms with Crippen LogP contribution >= 0.6 is 12.2 Å². The van der Waals surface area contributed by atoms with Gasteiger partial charge in [0.05, 0.1) is 4.99 Å². The molecule has 0 N–H and O–H groups in total. The van der Waals surface area contributed by atoms with Crippen molar-refractivity contribution in [2.45, 2.75) is 71.9 Å². The van der Waals surface area contributed by atoms with Crippen LogP contribution in [0.1, 0.15) is 59.8 Å². The van der Waals surface area contributed by atoms with E-state index in [1.165, 1.54) is 37.1 Å². The van der Waals surface area contributed by atoms with Crippen molar-refractivity contribution in [2.24, 2.45) is 17.8 Å². The van der Waals surface area contributed by atoms with Gasteiger partial charge in [0, 0.05) is 18.5 Å². The SMILES string of the molecule is CC(C)C1CCC2CC(=S)N(C(C)C)C2CC1. The minimum Gasteiger partial charge on any atom is -0.360 e. The highest BCUT2D eigenvalue weighted by Gasteiger charge is 2.40. The fraction of sp³-hybridized carbons (Fsp3) is 0.933. The summed E-state index contributed by atoms with van der Waals surface area (Å²) in [7, 11) is 0. The summed E-state index contributed by atoms with van der Waals surface area (Å²) in [5, 5.41) is 0. The molecule has 1 aliphatic carbocycles. The summed E-state index contributed by atoms with van der Waals surface area (Å²) in [5.74, 6) is 2.66. The van der Waals surface area contributed by atoms with Crippen molar-refractivity contribution >= 4 is 17.2 Å². The van der Waals surface area contributed by atoms with Gasteiger partial charge in [0.2, 0.25) is 0 Å². The first-order valence-electron chi connectivity index (χ1n) is 7.31. The summed E-state index contributed by atoms with van der Waals surface area (Å²) >= 11 is 5.58. The molecule has 3 unspecified atom stereocenters. The molecule has 2 heteroatoms. The molecule has 1 aliphatic heterocycles. The minimum absolute atomic E-state index is 0.591. The fourth-order valence-electron chi connectivity index (χ4n) is 3.84. The van der Waals surface area contributed by atoms with Crippen molar-refractivity contribution in [1.82, 2.24) is 4.90 Å². The lowest BCUT2D eigenvalue weighted by Crippen LogP contribution is -2.39. The molecule has 0 amide bonds. The largest absolute Gasteiger partial charge is 0.360 e. The Labute approximate surface area is 112 Å². The van der Waals surface area contributed by atoms with Gasteiger partial charge in [-0.3, -0.25) is 0 Å². The Balaban J connectivity index is 2.07. The van der Waals surface area contributed by atoms with Crippen molar-refractivity contribution in [2.75, 3.05) is 0 Å². The van der Waals surface area contributed by atoms with Crippen molar-refractivity contribution in [3.05, 3.63) is 0 Å². The van der Waals surface area contributed by atoms with Crippen molar-refractivity contribution in [3.8, 4) is 0 Å². The van der Waals surface area contributed by atoms with Crippen LogP contribution in [0.2, 0.25) is 0 Å². The van der Waals surface area contributed by atoms with E-state index in [9.17, 15) is 0 Å². The lowest BCUT2D eigenvalue weighted by molar-refractivity contribution is 0.227. The Bertz CT molecular complexity index is 285. The average Bonchev–Trinajstić information content (AvgIpc) is 2.42. The molecule has 2 fully saturated rings. The molecule has 2 rings (SSSR count). The van der Waals surface area contributed by atoms with Crippen LogP contribution in [0.5, 0.6) is 0 Å². The normalized spacial score (nSPS) is 34.4. The molecule has 0 bridgehead atoms. The number of fused-ring (bicyclic) bond motifs is 1. The second kappa shape index (κ2) is 5.26. The predicted molar refractivity (Wildman–Crippen MR) is 78.3 cm³/mol. The zero-order chi connectivity index (χ0) is 12.6. The molecule has 2 aliphatic rings. The molecule has 1 saturated heterocycles. The second-order valence-electron chi connectivity index (χ2n) is 6.59. The van der Waals surface area contributed by atoms with Crippen LogP contribution in [-0.2, 0) is 0 Å². The Hall–Kier alpha value is -0.110. The summed E-state index contributed by atoms with van der Waals surface area (Å²) in [6.45, 7) is 9.35. The van der Waals surface area contributed by atoms with E-state index < -0.39 is 0 Å². The van der Waals surface area contributed by atoms with Gasteiger partial charge >= 0.3 is 0 Å². The summed E-state index contributed by atoms with van der Waals surface area (Å²) < 4.78 is 0. The molecule has 3 atom stereocenters. The van der Waals surface area contributed by atoms with Crippen LogP contribution in [0.25, 0.3) is 0 Å². The summed E-state index contributed by atoms with van der Waals surface area (Å²) in [4.78, 5) is 3.78. The van der Waals surface area contributed by atoms with Gasteiger partial charge in [0.25, 0.3) is 0 Å². The monoisotopic (exact) mass is 253 g/mol. The van der Waals surface area contributed by atoms with Gasteiger partial charge in [-0.25, -0.2) is 0 Å². The van der Waals surface area contributed by atoms with E-state index in [-0.39, 0.29) is 0 Å². The molecule has 17 heavy (non-hydrogen) atoms. The van der Waals surface area contributed by atoms with Crippen LogP contribution < -0.4 is 0 Å². The minimum atomic E-state index is 0.591. The molecule has 0 spiro atoms. The van der Waals surface area contributed by atoms with Gasteiger partial charge in [0.15, 0.2) is 0 Å². The first-order chi connectivity index (χ1) is 8.00. The van der Waals surface area contributed by atoms with E-state index in [0.29, 0.717) is 6.04 Å². The number of hydrogen-bond acceptors (Lipinski definition) is 1. The molecule has 1 heterocycles. The van der Waals surface area contributed by atoms with E-state index in [4.69, 9.17) is 12.2 Å². The first-order valence-corrected chi connectivity index (χ1v) is 7.72. The molecular weight excluding hydrogens is 226 g/mol. The zero-order valence-electron chi connectivity index (χ0n) is 11.8. The van der Waals surface area contributed by atoms with E-state index in [0.717, 1.165) is 23.8 Å². The van der Waals surface area contributed by atoms with Gasteiger partial charge in [-0.1, -0.05) is 26.1 Å². The summed E-state index contributed by atoms with van der Waals surface area (Å²) in [6, 6.07) is 1.35. The molecule has 0 radical (unpaired) electrons. The highest BCUT2D eigenvalue weighted by molar-refractivity contribution is 7.80. The van der Waals surface area contributed by atoms with Gasteiger partial charge in [0.1, 0.15) is 0 Å². The Kier molecular flexibility index (Phi) is 4.12. The lowest BCUT2D eigenvalue weighted by Gasteiger charge is -2.32. The van der Waals surface area contributed by atoms with Gasteiger partial charge in [-0.15, -0.1) is 0 Å². The topological polar surface area (TPSA) is 3.24 Å². The molecule has 1 nitrogen and oxygen atoms in total. The molecule has 1 saturated carbocycles. The highest BCUT2D eigenvalue weighted by atomic mass is 32.1. The van der Waals surface area contributed by atoms with E-state index in [2.05, 4.69) is 32.6 Å². The predicted octanol–water partition coefficient (Wildman–Crippen LogP) is 4.26. The summed E-state index contributed by atoms with van der Waals surface area (Å²) in [5.41, 5.74) is 0. The third kappa shape index (κ3) is 2.67. The highest BCUT2D eigenvalue weighted by Crippen LogP contribution is 2.40. The Morgan fingerprint density at radius 1 is 1.06 bits per heavy atom. The second-order valence-corrected chi connectivity index (χ2v) is 7.06. The standard InChI is InChI=1S/C15H27NS/c1-10(2)12-5-6-13-9-15(17)16(11(3)4)14(13)8-7-12/h10-14H,5-9H2,1-4H3. The number of hydrogen-bond donors (Lipinski definition) is 0. The third-order valence-electron chi connectivity index (χ3n) is 4.87. The molecule has 98 valence electrons. The van der Waals surface area contributed by atoms with E-state index in [1.54, 1.807) is 0 Å². The van der Waals surface area contributed by atoms with Crippen LogP contribution in [0, 0.1) is 17.8 Å². The molecule has 0 aromatic carbocycles. The lowest BCUT2D eigenvalue weighted by atomic mass is 9.88. The zero-order valence-corrected chi connectivity index (χ0v) is 12.6. The van der Waals surface area contributed by atoms with Crippen LogP contribution in [0.3, 0.4) is 0 Å². The van der Waals surface area contributed by atoms with Crippen molar-refractivity contribution in [3.63, 3.8) is 0 Å². The Morgan fingerprint density at radius 3 is 2.29 bits per heavy atom. The van der Waals surface area contributed by atoms with Crippen molar-refractivity contribution in [1.29, 1.82) is 0 Å². The molecule has 0 aromatic heterocycles. The number of rotatable bonds is 2. The number of nitrogens with zero attached hydrogens (tertiary/aromatic N) is 1. The quantitative estimate of drug-likeness (QED) is 0.677. The summed E-state index contributed by atoms with van der Waals surface area (Å²) in [6.07, 6.45) is 6.78. The third-order valence-corrected chi connectivity index (χ3v) is 5.24. The first kappa shape index (κ1) is 13.3. The molecular formula is C15H27NS. The van der Waals surface area contributed by atoms with Gasteiger partial charge < -0.3 is 4.90 Å². The number of likely N-dealkylation sites (tertiary alicyclic amines) is 1. The smallest absolute Gasteiger partial charge is 0.0787 e. The van der Waals surface area contributed by atoms with E-state index >= 15 is 0 Å². The number of thiocarbonyl (C=S) groups is 1. The van der Waals surface area contributed by atoms with Crippen LogP contribution in [-0.4, -0.2) is 22.0 Å². The van der Waals surface area contributed by atoms with E-state index in [1.807, 2.05) is 0 Å². The molecule has 0 aromatic rings. The van der Waals surface area contributed by atoms with Crippen LogP contribution in [0.15, 0.2) is 0 Å². The maximum absolute atomic E-state index is 5.58. The van der Waals surface area contributed by atoms with Crippen molar-refractivity contribution < 1.29 is 0 Å². The van der Waals surface area contributed by atoms with Gasteiger partial charge in [-0.2, -0.15) is 0 Å². The average molecular weight is 253 g/mol. The Morgan fingerprint density at radius 2 is 1.71 bits per heavy atom.